The van der Waals surface area contributed by atoms with Gasteiger partial charge >= 0.3 is 0 Å². The maximum atomic E-state index is 13.2. The van der Waals surface area contributed by atoms with E-state index in [1.807, 2.05) is 62.4 Å². The van der Waals surface area contributed by atoms with E-state index in [9.17, 15) is 9.59 Å². The third-order valence-corrected chi connectivity index (χ3v) is 5.51. The number of hydrogen-bond acceptors (Lipinski definition) is 5. The number of carbonyl (C=O) groups is 2. The Bertz CT molecular complexity index is 921. The van der Waals surface area contributed by atoms with Gasteiger partial charge in [-0.15, -0.1) is 11.8 Å². The smallest absolute Gasteiger partial charge is 0.268 e. The fourth-order valence-electron chi connectivity index (χ4n) is 3.17. The van der Waals surface area contributed by atoms with Gasteiger partial charge in [-0.25, -0.2) is 0 Å². The van der Waals surface area contributed by atoms with Crippen LogP contribution in [0.1, 0.15) is 31.4 Å². The van der Waals surface area contributed by atoms with E-state index in [0.717, 1.165) is 23.3 Å². The average molecular weight is 412 g/mol. The van der Waals surface area contributed by atoms with Crippen molar-refractivity contribution in [2.75, 3.05) is 19.5 Å². The van der Waals surface area contributed by atoms with Crippen LogP contribution in [0.25, 0.3) is 5.57 Å². The summed E-state index contributed by atoms with van der Waals surface area (Å²) in [6.07, 6.45) is 0.926. The number of hydrogen-bond donors (Lipinski definition) is 0. The summed E-state index contributed by atoms with van der Waals surface area (Å²) >= 11 is 1.40. The molecule has 0 aromatic heterocycles. The summed E-state index contributed by atoms with van der Waals surface area (Å²) in [7, 11) is 1.58. The number of rotatable bonds is 9. The number of amides is 2. The lowest BCUT2D eigenvalue weighted by atomic mass is 10.1. The van der Waals surface area contributed by atoms with Crippen LogP contribution in [0.15, 0.2) is 53.4 Å². The van der Waals surface area contributed by atoms with Gasteiger partial charge in [-0.1, -0.05) is 44.2 Å². The SMILES string of the molecule is CCCOc1ccc(C2=C(SCC)C(=O)N(Cc3ccccc3OC)C2=O)cc1. The summed E-state index contributed by atoms with van der Waals surface area (Å²) in [5.41, 5.74) is 1.98. The highest BCUT2D eigenvalue weighted by molar-refractivity contribution is 8.04. The quantitative estimate of drug-likeness (QED) is 0.568. The Labute approximate surface area is 175 Å². The third-order valence-electron chi connectivity index (χ3n) is 4.55. The van der Waals surface area contributed by atoms with Gasteiger partial charge in [0.25, 0.3) is 11.8 Å². The van der Waals surface area contributed by atoms with Crippen molar-refractivity contribution in [1.82, 2.24) is 4.90 Å². The molecule has 3 rings (SSSR count). The molecule has 0 unspecified atom stereocenters. The fraction of sp³-hybridized carbons (Fsp3) is 0.304. The zero-order valence-electron chi connectivity index (χ0n) is 16.9. The average Bonchev–Trinajstić information content (AvgIpc) is 2.97. The van der Waals surface area contributed by atoms with Gasteiger partial charge < -0.3 is 9.47 Å². The minimum Gasteiger partial charge on any atom is -0.496 e. The number of thioether (sulfide) groups is 1. The molecule has 1 aliphatic rings. The monoisotopic (exact) mass is 411 g/mol. The van der Waals surface area contributed by atoms with Crippen LogP contribution in [0.4, 0.5) is 0 Å². The van der Waals surface area contributed by atoms with Crippen molar-refractivity contribution in [1.29, 1.82) is 0 Å². The molecule has 5 nitrogen and oxygen atoms in total. The van der Waals surface area contributed by atoms with Gasteiger partial charge in [0.05, 0.1) is 30.7 Å². The first-order valence-electron chi connectivity index (χ1n) is 9.69. The summed E-state index contributed by atoms with van der Waals surface area (Å²) in [5.74, 6) is 1.58. The van der Waals surface area contributed by atoms with Crippen molar-refractivity contribution >= 4 is 29.1 Å². The van der Waals surface area contributed by atoms with E-state index in [4.69, 9.17) is 9.47 Å². The molecule has 152 valence electrons. The van der Waals surface area contributed by atoms with E-state index in [2.05, 4.69) is 0 Å². The Balaban J connectivity index is 1.90. The molecule has 0 bridgehead atoms. The molecular formula is C23H25NO4S. The molecule has 1 heterocycles. The minimum atomic E-state index is -0.279. The zero-order valence-corrected chi connectivity index (χ0v) is 17.8. The third kappa shape index (κ3) is 4.48. The molecular weight excluding hydrogens is 386 g/mol. The molecule has 0 atom stereocenters. The number of imide groups is 1. The molecule has 0 spiro atoms. The van der Waals surface area contributed by atoms with Crippen molar-refractivity contribution in [2.45, 2.75) is 26.8 Å². The first-order chi connectivity index (χ1) is 14.1. The van der Waals surface area contributed by atoms with Crippen molar-refractivity contribution < 1.29 is 19.1 Å². The molecule has 0 N–H and O–H groups in total. The van der Waals surface area contributed by atoms with Gasteiger partial charge in [0.1, 0.15) is 11.5 Å². The maximum Gasteiger partial charge on any atom is 0.268 e. The molecule has 0 radical (unpaired) electrons. The molecule has 1 aliphatic heterocycles. The predicted molar refractivity (Wildman–Crippen MR) is 116 cm³/mol. The van der Waals surface area contributed by atoms with Crippen LogP contribution in [-0.4, -0.2) is 36.2 Å². The van der Waals surface area contributed by atoms with Crippen LogP contribution < -0.4 is 9.47 Å². The van der Waals surface area contributed by atoms with E-state index >= 15 is 0 Å². The van der Waals surface area contributed by atoms with Crippen LogP contribution in [-0.2, 0) is 16.1 Å². The van der Waals surface area contributed by atoms with Crippen LogP contribution in [0.3, 0.4) is 0 Å². The van der Waals surface area contributed by atoms with E-state index in [1.54, 1.807) is 7.11 Å². The molecule has 2 aromatic rings. The number of ether oxygens (including phenoxy) is 2. The van der Waals surface area contributed by atoms with Crippen LogP contribution in [0, 0.1) is 0 Å². The Morgan fingerprint density at radius 3 is 2.34 bits per heavy atom. The first-order valence-corrected chi connectivity index (χ1v) is 10.7. The summed E-state index contributed by atoms with van der Waals surface area (Å²) in [6.45, 7) is 4.84. The predicted octanol–water partition coefficient (Wildman–Crippen LogP) is 4.52. The van der Waals surface area contributed by atoms with Crippen molar-refractivity contribution in [2.24, 2.45) is 0 Å². The van der Waals surface area contributed by atoms with Crippen molar-refractivity contribution in [3.8, 4) is 11.5 Å². The summed E-state index contributed by atoms with van der Waals surface area (Å²) in [6, 6.07) is 14.8. The van der Waals surface area contributed by atoms with Gasteiger partial charge in [0.2, 0.25) is 0 Å². The van der Waals surface area contributed by atoms with Gasteiger partial charge in [-0.2, -0.15) is 0 Å². The maximum absolute atomic E-state index is 13.2. The van der Waals surface area contributed by atoms with E-state index in [-0.39, 0.29) is 18.4 Å². The van der Waals surface area contributed by atoms with Crippen molar-refractivity contribution in [3.63, 3.8) is 0 Å². The minimum absolute atomic E-state index is 0.177. The van der Waals surface area contributed by atoms with E-state index < -0.39 is 0 Å². The summed E-state index contributed by atoms with van der Waals surface area (Å²) < 4.78 is 11.0. The highest BCUT2D eigenvalue weighted by Crippen LogP contribution is 2.37. The lowest BCUT2D eigenvalue weighted by Gasteiger charge is -2.17. The summed E-state index contributed by atoms with van der Waals surface area (Å²) in [4.78, 5) is 28.1. The highest BCUT2D eigenvalue weighted by Gasteiger charge is 2.39. The van der Waals surface area contributed by atoms with Gasteiger partial charge in [-0.3, -0.25) is 14.5 Å². The Morgan fingerprint density at radius 2 is 1.69 bits per heavy atom. The number of benzene rings is 2. The largest absolute Gasteiger partial charge is 0.496 e. The molecule has 0 fully saturated rings. The molecule has 2 aromatic carbocycles. The Morgan fingerprint density at radius 1 is 0.966 bits per heavy atom. The molecule has 6 heteroatoms. The molecule has 2 amide bonds. The number of carbonyl (C=O) groups excluding carboxylic acids is 2. The van der Waals surface area contributed by atoms with Gasteiger partial charge in [0.15, 0.2) is 0 Å². The molecule has 0 saturated heterocycles. The molecule has 0 aliphatic carbocycles. The van der Waals surface area contributed by atoms with Crippen molar-refractivity contribution in [3.05, 3.63) is 64.6 Å². The lowest BCUT2D eigenvalue weighted by Crippen LogP contribution is -2.31. The first kappa shape index (κ1) is 21.0. The molecule has 29 heavy (non-hydrogen) atoms. The highest BCUT2D eigenvalue weighted by atomic mass is 32.2. The van der Waals surface area contributed by atoms with Crippen LogP contribution in [0.2, 0.25) is 0 Å². The topological polar surface area (TPSA) is 55.8 Å². The van der Waals surface area contributed by atoms with E-state index in [0.29, 0.717) is 28.6 Å². The number of nitrogens with zero attached hydrogens (tertiary/aromatic N) is 1. The Kier molecular flexibility index (Phi) is 6.99. The fourth-order valence-corrected chi connectivity index (χ4v) is 4.04. The Hall–Kier alpha value is -2.73. The molecule has 0 saturated carbocycles. The summed E-state index contributed by atoms with van der Waals surface area (Å²) in [5, 5.41) is 0. The van der Waals surface area contributed by atoms with Gasteiger partial charge in [-0.05, 0) is 35.9 Å². The number of para-hydroxylation sites is 1. The van der Waals surface area contributed by atoms with E-state index in [1.165, 1.54) is 16.7 Å². The lowest BCUT2D eigenvalue weighted by molar-refractivity contribution is -0.137. The standard InChI is InChI=1S/C23H25NO4S/c1-4-14-28-18-12-10-16(11-13-18)20-21(29-5-2)23(26)24(22(20)25)15-17-8-6-7-9-19(17)27-3/h6-13H,4-5,14-15H2,1-3H3. The second-order valence-corrected chi connectivity index (χ2v) is 7.79. The van der Waals surface area contributed by atoms with Gasteiger partial charge in [0, 0.05) is 5.56 Å². The second-order valence-electron chi connectivity index (χ2n) is 6.52. The van der Waals surface area contributed by atoms with Crippen LogP contribution in [0.5, 0.6) is 11.5 Å². The normalized spacial score (nSPS) is 14.0. The zero-order chi connectivity index (χ0) is 20.8. The number of methoxy groups -OCH3 is 1. The second kappa shape index (κ2) is 9.65. The van der Waals surface area contributed by atoms with Crippen LogP contribution >= 0.6 is 11.8 Å².